The van der Waals surface area contributed by atoms with Crippen LogP contribution in [0.1, 0.15) is 108 Å². The normalized spacial score (nSPS) is 12.7. The SMILES string of the molecule is CCCCCCP(CCCCCC)(CCCCCC)(OC(=O)c1ccccc1)c1ccccc1. The molecule has 2 aromatic carbocycles. The molecule has 0 heterocycles. The fourth-order valence-corrected chi connectivity index (χ4v) is 11.4. The van der Waals surface area contributed by atoms with Gasteiger partial charge in [-0.2, -0.15) is 0 Å². The average molecular weight is 485 g/mol. The molecule has 190 valence electrons. The third-order valence-corrected chi connectivity index (χ3v) is 13.6. The van der Waals surface area contributed by atoms with E-state index in [1.165, 1.54) is 63.1 Å². The average Bonchev–Trinajstić information content (AvgIpc) is 2.88. The molecule has 0 aliphatic heterocycles. The Hall–Kier alpha value is -1.66. The topological polar surface area (TPSA) is 26.3 Å². The zero-order valence-electron chi connectivity index (χ0n) is 22.1. The predicted molar refractivity (Wildman–Crippen MR) is 152 cm³/mol. The van der Waals surface area contributed by atoms with Gasteiger partial charge in [-0.25, -0.2) is 0 Å². The van der Waals surface area contributed by atoms with Gasteiger partial charge in [-0.05, 0) is 0 Å². The van der Waals surface area contributed by atoms with Crippen LogP contribution in [0, 0.1) is 0 Å². The van der Waals surface area contributed by atoms with Crippen molar-refractivity contribution >= 4 is 18.1 Å². The van der Waals surface area contributed by atoms with Crippen LogP contribution in [-0.4, -0.2) is 24.5 Å². The van der Waals surface area contributed by atoms with Crippen LogP contribution in [0.25, 0.3) is 0 Å². The number of benzene rings is 2. The van der Waals surface area contributed by atoms with Crippen LogP contribution in [0.3, 0.4) is 0 Å². The van der Waals surface area contributed by atoms with Crippen molar-refractivity contribution in [1.82, 2.24) is 0 Å². The Morgan fingerprint density at radius 2 is 1.00 bits per heavy atom. The molecule has 0 aliphatic carbocycles. The van der Waals surface area contributed by atoms with Crippen molar-refractivity contribution in [3.63, 3.8) is 0 Å². The van der Waals surface area contributed by atoms with Crippen molar-refractivity contribution in [2.24, 2.45) is 0 Å². The van der Waals surface area contributed by atoms with Crippen molar-refractivity contribution in [3.8, 4) is 0 Å². The van der Waals surface area contributed by atoms with Gasteiger partial charge < -0.3 is 0 Å². The summed E-state index contributed by atoms with van der Waals surface area (Å²) in [5.41, 5.74) is 0.683. The Kier molecular flexibility index (Phi) is 12.9. The van der Waals surface area contributed by atoms with Crippen LogP contribution in [0.2, 0.25) is 0 Å². The second kappa shape index (κ2) is 15.4. The quantitative estimate of drug-likeness (QED) is 0.156. The van der Waals surface area contributed by atoms with Gasteiger partial charge in [0, 0.05) is 0 Å². The summed E-state index contributed by atoms with van der Waals surface area (Å²) in [6.45, 7) is 3.82. The van der Waals surface area contributed by atoms with Crippen LogP contribution in [0.5, 0.6) is 0 Å². The first-order valence-electron chi connectivity index (χ1n) is 14.0. The molecule has 0 aromatic heterocycles. The van der Waals surface area contributed by atoms with Crippen molar-refractivity contribution in [2.45, 2.75) is 97.8 Å². The minimum absolute atomic E-state index is 0.122. The number of carbonyl (C=O) groups excluding carboxylic acids is 1. The number of hydrogen-bond acceptors (Lipinski definition) is 2. The van der Waals surface area contributed by atoms with Crippen LogP contribution in [0.4, 0.5) is 0 Å². The molecule has 2 aromatic rings. The Labute approximate surface area is 209 Å². The summed E-state index contributed by atoms with van der Waals surface area (Å²) in [5.74, 6) is -0.122. The predicted octanol–water partition coefficient (Wildman–Crippen LogP) is 9.38. The van der Waals surface area contributed by atoms with E-state index in [0.29, 0.717) is 5.56 Å². The van der Waals surface area contributed by atoms with E-state index in [0.717, 1.165) is 37.7 Å². The minimum atomic E-state index is -2.98. The molecule has 34 heavy (non-hydrogen) atoms. The summed E-state index contributed by atoms with van der Waals surface area (Å²) in [6.07, 6.45) is 17.6. The third kappa shape index (κ3) is 8.23. The first kappa shape index (κ1) is 28.6. The van der Waals surface area contributed by atoms with Crippen molar-refractivity contribution in [2.75, 3.05) is 18.5 Å². The van der Waals surface area contributed by atoms with E-state index in [4.69, 9.17) is 4.52 Å². The fraction of sp³-hybridized carbons (Fsp3) is 0.581. The van der Waals surface area contributed by atoms with Crippen molar-refractivity contribution in [3.05, 3.63) is 66.2 Å². The molecule has 0 spiro atoms. The van der Waals surface area contributed by atoms with Gasteiger partial charge in [0.2, 0.25) is 0 Å². The molecule has 2 nitrogen and oxygen atoms in total. The van der Waals surface area contributed by atoms with E-state index < -0.39 is 6.83 Å². The number of unbranched alkanes of at least 4 members (excludes halogenated alkanes) is 9. The summed E-state index contributed by atoms with van der Waals surface area (Å²) in [4.78, 5) is 13.7. The summed E-state index contributed by atoms with van der Waals surface area (Å²) in [5, 5.41) is 1.32. The molecule has 0 atom stereocenters. The molecule has 0 saturated heterocycles. The Balaban J connectivity index is 2.54. The second-order valence-electron chi connectivity index (χ2n) is 10.1. The molecule has 0 aliphatic rings. The van der Waals surface area contributed by atoms with Crippen LogP contribution in [0.15, 0.2) is 60.7 Å². The van der Waals surface area contributed by atoms with Crippen LogP contribution < -0.4 is 5.30 Å². The van der Waals surface area contributed by atoms with E-state index in [-0.39, 0.29) is 5.97 Å². The van der Waals surface area contributed by atoms with Crippen molar-refractivity contribution in [1.29, 1.82) is 0 Å². The van der Waals surface area contributed by atoms with Gasteiger partial charge in [-0.15, -0.1) is 0 Å². The van der Waals surface area contributed by atoms with Gasteiger partial charge in [0.25, 0.3) is 0 Å². The van der Waals surface area contributed by atoms with Gasteiger partial charge in [0.15, 0.2) is 0 Å². The van der Waals surface area contributed by atoms with Crippen molar-refractivity contribution < 1.29 is 9.32 Å². The first-order valence-corrected chi connectivity index (χ1v) is 16.7. The molecule has 3 heteroatoms. The Morgan fingerprint density at radius 1 is 0.588 bits per heavy atom. The fourth-order valence-electron chi connectivity index (χ4n) is 5.28. The van der Waals surface area contributed by atoms with Crippen LogP contribution in [-0.2, 0) is 4.52 Å². The van der Waals surface area contributed by atoms with Gasteiger partial charge in [-0.1, -0.05) is 0 Å². The standard InChI is InChI=1S/C31H49O2P/c1-4-7-10-19-26-34(27-20-11-8-5-2,28-21-12-9-6-3,30-24-17-14-18-25-30)33-31(32)29-22-15-13-16-23-29/h13-18,22-25H,4-12,19-21,26-28H2,1-3H3. The summed E-state index contributed by atoms with van der Waals surface area (Å²) in [7, 11) is 0. The molecular formula is C31H49O2P. The maximum atomic E-state index is 13.7. The van der Waals surface area contributed by atoms with Gasteiger partial charge >= 0.3 is 210 Å². The van der Waals surface area contributed by atoms with E-state index >= 15 is 0 Å². The number of hydrogen-bond donors (Lipinski definition) is 0. The van der Waals surface area contributed by atoms with Gasteiger partial charge in [0.1, 0.15) is 0 Å². The maximum absolute atomic E-state index is 13.7. The van der Waals surface area contributed by atoms with E-state index in [1.807, 2.05) is 30.3 Å². The van der Waals surface area contributed by atoms with Gasteiger partial charge in [0.05, 0.1) is 0 Å². The zero-order chi connectivity index (χ0) is 24.6. The first-order chi connectivity index (χ1) is 16.6. The molecule has 0 fully saturated rings. The molecule has 0 bridgehead atoms. The molecular weight excluding hydrogens is 435 g/mol. The second-order valence-corrected chi connectivity index (χ2v) is 15.3. The molecule has 0 radical (unpaired) electrons. The third-order valence-electron chi connectivity index (χ3n) is 7.33. The Morgan fingerprint density at radius 3 is 1.41 bits per heavy atom. The van der Waals surface area contributed by atoms with Gasteiger partial charge in [-0.3, -0.25) is 0 Å². The molecule has 2 rings (SSSR count). The van der Waals surface area contributed by atoms with E-state index in [2.05, 4.69) is 51.1 Å². The number of carbonyl (C=O) groups is 1. The summed E-state index contributed by atoms with van der Waals surface area (Å²) in [6, 6.07) is 20.6. The molecule has 0 amide bonds. The summed E-state index contributed by atoms with van der Waals surface area (Å²) < 4.78 is 7.03. The van der Waals surface area contributed by atoms with Crippen LogP contribution >= 0.6 is 6.83 Å². The monoisotopic (exact) mass is 484 g/mol. The summed E-state index contributed by atoms with van der Waals surface area (Å²) >= 11 is 0. The Bertz CT molecular complexity index is 769. The molecule has 0 N–H and O–H groups in total. The molecule has 0 unspecified atom stereocenters. The van der Waals surface area contributed by atoms with E-state index in [9.17, 15) is 4.79 Å². The zero-order valence-corrected chi connectivity index (χ0v) is 23.0. The van der Waals surface area contributed by atoms with E-state index in [1.54, 1.807) is 0 Å². The number of rotatable bonds is 18. The molecule has 0 saturated carbocycles.